The molecule has 98 valence electrons. The molecule has 0 unspecified atom stereocenters. The lowest BCUT2D eigenvalue weighted by Crippen LogP contribution is -2.65. The first-order valence-corrected chi connectivity index (χ1v) is 6.04. The first-order chi connectivity index (χ1) is 7.85. The van der Waals surface area contributed by atoms with Crippen LogP contribution in [0.3, 0.4) is 0 Å². The minimum Gasteiger partial charge on any atom is -0.469 e. The number of rotatable bonds is 2. The number of aliphatic hydroxyl groups is 1. The number of halogens is 2. The highest BCUT2D eigenvalue weighted by Crippen LogP contribution is 2.61. The molecule has 0 heterocycles. The molecule has 0 bridgehead atoms. The molecule has 0 radical (unpaired) electrons. The predicted octanol–water partition coefficient (Wildman–Crippen LogP) is 2.27. The molecule has 0 atom stereocenters. The standard InChI is InChI=1S/C12H18F2O3/c1-17-9(15)10(7-12(13,14)8-10)11(16)5-3-2-4-6-11/h16H,2-8H2,1H3. The fourth-order valence-electron chi connectivity index (χ4n) is 3.31. The Morgan fingerprint density at radius 1 is 1.18 bits per heavy atom. The van der Waals surface area contributed by atoms with Gasteiger partial charge in [-0.2, -0.15) is 0 Å². The largest absolute Gasteiger partial charge is 0.469 e. The van der Waals surface area contributed by atoms with Crippen molar-refractivity contribution in [3.05, 3.63) is 0 Å². The summed E-state index contributed by atoms with van der Waals surface area (Å²) in [5.74, 6) is -3.53. The smallest absolute Gasteiger partial charge is 0.315 e. The molecule has 2 saturated carbocycles. The first-order valence-electron chi connectivity index (χ1n) is 6.04. The minimum absolute atomic E-state index is 0.415. The van der Waals surface area contributed by atoms with Crippen LogP contribution in [-0.2, 0) is 9.53 Å². The van der Waals surface area contributed by atoms with E-state index in [0.717, 1.165) is 19.3 Å². The van der Waals surface area contributed by atoms with Crippen LogP contribution >= 0.6 is 0 Å². The van der Waals surface area contributed by atoms with Gasteiger partial charge in [0.15, 0.2) is 0 Å². The maximum absolute atomic E-state index is 13.1. The number of hydrogen-bond donors (Lipinski definition) is 1. The van der Waals surface area contributed by atoms with Crippen molar-refractivity contribution in [1.82, 2.24) is 0 Å². The van der Waals surface area contributed by atoms with Gasteiger partial charge in [0.05, 0.1) is 12.7 Å². The van der Waals surface area contributed by atoms with Crippen molar-refractivity contribution in [3.8, 4) is 0 Å². The molecule has 0 aromatic carbocycles. The van der Waals surface area contributed by atoms with E-state index in [4.69, 9.17) is 0 Å². The summed E-state index contributed by atoms with van der Waals surface area (Å²) in [4.78, 5) is 11.8. The summed E-state index contributed by atoms with van der Waals surface area (Å²) < 4.78 is 30.9. The number of alkyl halides is 2. The fraction of sp³-hybridized carbons (Fsp3) is 0.917. The summed E-state index contributed by atoms with van der Waals surface area (Å²) in [6.07, 6.45) is 2.21. The highest BCUT2D eigenvalue weighted by molar-refractivity contribution is 5.80. The van der Waals surface area contributed by atoms with Gasteiger partial charge in [0.25, 0.3) is 5.92 Å². The van der Waals surface area contributed by atoms with Crippen molar-refractivity contribution in [2.24, 2.45) is 5.41 Å². The van der Waals surface area contributed by atoms with Crippen LogP contribution in [0.1, 0.15) is 44.9 Å². The third-order valence-electron chi connectivity index (χ3n) is 4.27. The zero-order valence-electron chi connectivity index (χ0n) is 9.97. The molecule has 0 amide bonds. The van der Waals surface area contributed by atoms with E-state index >= 15 is 0 Å². The van der Waals surface area contributed by atoms with E-state index in [1.807, 2.05) is 0 Å². The molecular formula is C12H18F2O3. The summed E-state index contributed by atoms with van der Waals surface area (Å²) in [6.45, 7) is 0. The van der Waals surface area contributed by atoms with Crippen LogP contribution in [0.15, 0.2) is 0 Å². The van der Waals surface area contributed by atoms with Gasteiger partial charge in [-0.1, -0.05) is 19.3 Å². The molecule has 2 aliphatic rings. The molecule has 3 nitrogen and oxygen atoms in total. The van der Waals surface area contributed by atoms with Gasteiger partial charge in [-0.15, -0.1) is 0 Å². The molecule has 2 fully saturated rings. The third-order valence-corrected chi connectivity index (χ3v) is 4.27. The molecule has 2 aliphatic carbocycles. The molecule has 2 rings (SSSR count). The third kappa shape index (κ3) is 1.84. The predicted molar refractivity (Wildman–Crippen MR) is 56.7 cm³/mol. The normalized spacial score (nSPS) is 29.2. The highest BCUT2D eigenvalue weighted by atomic mass is 19.3. The van der Waals surface area contributed by atoms with E-state index in [1.165, 1.54) is 7.11 Å². The molecule has 1 N–H and O–H groups in total. The van der Waals surface area contributed by atoms with Crippen LogP contribution in [0.5, 0.6) is 0 Å². The Kier molecular flexibility index (Phi) is 2.92. The molecule has 5 heteroatoms. The average molecular weight is 248 g/mol. The molecule has 0 aromatic heterocycles. The van der Waals surface area contributed by atoms with Gasteiger partial charge in [0, 0.05) is 12.8 Å². The number of ether oxygens (including phenoxy) is 1. The Morgan fingerprint density at radius 2 is 1.71 bits per heavy atom. The zero-order chi connectivity index (χ0) is 12.7. The Hall–Kier alpha value is -0.710. The first kappa shape index (κ1) is 12.7. The van der Waals surface area contributed by atoms with Crippen LogP contribution in [-0.4, -0.2) is 29.7 Å². The van der Waals surface area contributed by atoms with Gasteiger partial charge in [-0.25, -0.2) is 8.78 Å². The minimum atomic E-state index is -2.85. The van der Waals surface area contributed by atoms with Crippen molar-refractivity contribution in [3.63, 3.8) is 0 Å². The molecule has 0 aliphatic heterocycles. The number of methoxy groups -OCH3 is 1. The Morgan fingerprint density at radius 3 is 2.12 bits per heavy atom. The molecule has 0 aromatic rings. The quantitative estimate of drug-likeness (QED) is 0.762. The average Bonchev–Trinajstić information content (AvgIpc) is 2.25. The Labute approximate surface area is 99.1 Å². The summed E-state index contributed by atoms with van der Waals surface area (Å²) in [7, 11) is 1.19. The SMILES string of the molecule is COC(=O)C1(C2(O)CCCCC2)CC(F)(F)C1. The maximum Gasteiger partial charge on any atom is 0.315 e. The van der Waals surface area contributed by atoms with Crippen LogP contribution in [0.25, 0.3) is 0 Å². The summed E-state index contributed by atoms with van der Waals surface area (Å²) >= 11 is 0. The van der Waals surface area contributed by atoms with Gasteiger partial charge in [0.2, 0.25) is 0 Å². The highest BCUT2D eigenvalue weighted by Gasteiger charge is 2.70. The zero-order valence-corrected chi connectivity index (χ0v) is 9.97. The van der Waals surface area contributed by atoms with Crippen molar-refractivity contribution in [2.45, 2.75) is 56.5 Å². The van der Waals surface area contributed by atoms with E-state index < -0.39 is 35.7 Å². The van der Waals surface area contributed by atoms with E-state index in [0.29, 0.717) is 12.8 Å². The fourth-order valence-corrected chi connectivity index (χ4v) is 3.31. The number of esters is 1. The second-order valence-electron chi connectivity index (χ2n) is 5.38. The van der Waals surface area contributed by atoms with Gasteiger partial charge in [-0.05, 0) is 12.8 Å². The van der Waals surface area contributed by atoms with Crippen molar-refractivity contribution >= 4 is 5.97 Å². The van der Waals surface area contributed by atoms with Crippen LogP contribution in [0.4, 0.5) is 8.78 Å². The van der Waals surface area contributed by atoms with Crippen LogP contribution in [0, 0.1) is 5.41 Å². The lowest BCUT2D eigenvalue weighted by molar-refractivity contribution is -0.252. The Bertz CT molecular complexity index is 314. The molecule has 17 heavy (non-hydrogen) atoms. The van der Waals surface area contributed by atoms with Crippen molar-refractivity contribution < 1.29 is 23.4 Å². The second-order valence-corrected chi connectivity index (χ2v) is 5.38. The monoisotopic (exact) mass is 248 g/mol. The molecule has 0 spiro atoms. The summed E-state index contributed by atoms with van der Waals surface area (Å²) in [5, 5.41) is 10.5. The Balaban J connectivity index is 2.25. The summed E-state index contributed by atoms with van der Waals surface area (Å²) in [6, 6.07) is 0. The van der Waals surface area contributed by atoms with Gasteiger partial charge >= 0.3 is 5.97 Å². The van der Waals surface area contributed by atoms with E-state index in [-0.39, 0.29) is 0 Å². The molecule has 0 saturated heterocycles. The summed E-state index contributed by atoms with van der Waals surface area (Å²) in [5.41, 5.74) is -2.69. The lowest BCUT2D eigenvalue weighted by Gasteiger charge is -2.55. The van der Waals surface area contributed by atoms with Crippen LogP contribution < -0.4 is 0 Å². The van der Waals surface area contributed by atoms with Crippen molar-refractivity contribution in [2.75, 3.05) is 7.11 Å². The van der Waals surface area contributed by atoms with Crippen molar-refractivity contribution in [1.29, 1.82) is 0 Å². The van der Waals surface area contributed by atoms with Gasteiger partial charge in [0.1, 0.15) is 5.41 Å². The topological polar surface area (TPSA) is 46.5 Å². The lowest BCUT2D eigenvalue weighted by atomic mass is 9.53. The van der Waals surface area contributed by atoms with Gasteiger partial charge < -0.3 is 9.84 Å². The number of carbonyl (C=O) groups excluding carboxylic acids is 1. The van der Waals surface area contributed by atoms with Gasteiger partial charge in [-0.3, -0.25) is 4.79 Å². The number of hydrogen-bond acceptors (Lipinski definition) is 3. The van der Waals surface area contributed by atoms with E-state index in [2.05, 4.69) is 4.74 Å². The molecular weight excluding hydrogens is 230 g/mol. The van der Waals surface area contributed by atoms with E-state index in [1.54, 1.807) is 0 Å². The number of carbonyl (C=O) groups is 1. The second kappa shape index (κ2) is 3.90. The maximum atomic E-state index is 13.1. The van der Waals surface area contributed by atoms with E-state index in [9.17, 15) is 18.7 Å². The van der Waals surface area contributed by atoms with Crippen LogP contribution in [0.2, 0.25) is 0 Å².